The van der Waals surface area contributed by atoms with Gasteiger partial charge in [-0.05, 0) is 27.5 Å². The van der Waals surface area contributed by atoms with Crippen LogP contribution in [-0.2, 0) is 11.2 Å². The van der Waals surface area contributed by atoms with Crippen LogP contribution in [-0.4, -0.2) is 23.3 Å². The maximum atomic E-state index is 6.92. The van der Waals surface area contributed by atoms with Crippen LogP contribution >= 0.6 is 0 Å². The molecule has 0 bridgehead atoms. The third kappa shape index (κ3) is 3.17. The van der Waals surface area contributed by atoms with Crippen molar-refractivity contribution in [3.05, 3.63) is 84.9 Å². The van der Waals surface area contributed by atoms with Crippen LogP contribution in [0.25, 0.3) is 11.0 Å². The average Bonchev–Trinajstić information content (AvgIpc) is 3.12. The van der Waals surface area contributed by atoms with Crippen LogP contribution in [0.5, 0.6) is 0 Å². The van der Waals surface area contributed by atoms with Gasteiger partial charge in [-0.3, -0.25) is 0 Å². The minimum atomic E-state index is -2.58. The van der Waals surface area contributed by atoms with Crippen molar-refractivity contribution < 1.29 is 4.43 Å². The molecule has 0 fully saturated rings. The molecule has 5 heteroatoms. The quantitative estimate of drug-likeness (QED) is 0.487. The maximum absolute atomic E-state index is 6.92. The van der Waals surface area contributed by atoms with Gasteiger partial charge in [-0.1, -0.05) is 98.8 Å². The van der Waals surface area contributed by atoms with Crippen LogP contribution in [0.4, 0.5) is 0 Å². The number of hydrogen-bond acceptors (Lipinski definition) is 3. The molecule has 0 atom stereocenters. The lowest BCUT2D eigenvalue weighted by atomic mass is 10.2. The van der Waals surface area contributed by atoms with Crippen molar-refractivity contribution in [2.45, 2.75) is 32.5 Å². The van der Waals surface area contributed by atoms with E-state index in [0.717, 1.165) is 11.0 Å². The lowest BCUT2D eigenvalue weighted by Crippen LogP contribution is -2.66. The van der Waals surface area contributed by atoms with Gasteiger partial charge in [0, 0.05) is 0 Å². The molecule has 1 aromatic heterocycles. The van der Waals surface area contributed by atoms with Crippen molar-refractivity contribution in [1.82, 2.24) is 15.0 Å². The number of hydrogen-bond donors (Lipinski definition) is 0. The van der Waals surface area contributed by atoms with Gasteiger partial charge in [-0.2, -0.15) is 0 Å². The summed E-state index contributed by atoms with van der Waals surface area (Å²) in [6, 6.07) is 29.3. The first kappa shape index (κ1) is 18.6. The third-order valence-electron chi connectivity index (χ3n) is 5.24. The highest BCUT2D eigenvalue weighted by Gasteiger charge is 2.50. The fourth-order valence-electron chi connectivity index (χ4n) is 3.93. The molecule has 0 amide bonds. The van der Waals surface area contributed by atoms with E-state index in [1.54, 1.807) is 0 Å². The molecule has 0 unspecified atom stereocenters. The van der Waals surface area contributed by atoms with Crippen LogP contribution in [0.2, 0.25) is 5.04 Å². The molecule has 142 valence electrons. The second-order valence-corrected chi connectivity index (χ2v) is 12.3. The average molecular weight is 388 g/mol. The number of para-hydroxylation sites is 1. The normalized spacial score (nSPS) is 12.4. The number of nitrogens with zero attached hydrogens (tertiary/aromatic N) is 3. The summed E-state index contributed by atoms with van der Waals surface area (Å²) in [5.41, 5.74) is 1.87. The molecule has 0 saturated heterocycles. The van der Waals surface area contributed by atoms with E-state index in [1.807, 2.05) is 28.9 Å². The zero-order valence-corrected chi connectivity index (χ0v) is 17.5. The van der Waals surface area contributed by atoms with E-state index in [-0.39, 0.29) is 5.04 Å². The first-order chi connectivity index (χ1) is 13.5. The smallest absolute Gasteiger partial charge is 0.263 e. The molecule has 4 nitrogen and oxygen atoms in total. The summed E-state index contributed by atoms with van der Waals surface area (Å²) in [5, 5.41) is 11.1. The largest absolute Gasteiger partial charge is 0.388 e. The van der Waals surface area contributed by atoms with Crippen molar-refractivity contribution >= 4 is 29.7 Å². The Bertz CT molecular complexity index is 1020. The van der Waals surface area contributed by atoms with Crippen molar-refractivity contribution in [3.63, 3.8) is 0 Å². The first-order valence-corrected chi connectivity index (χ1v) is 11.5. The topological polar surface area (TPSA) is 39.9 Å². The molecule has 3 aromatic carbocycles. The fourth-order valence-corrected chi connectivity index (χ4v) is 8.40. The summed E-state index contributed by atoms with van der Waals surface area (Å²) in [5.74, 6) is 0. The van der Waals surface area contributed by atoms with E-state index >= 15 is 0 Å². The van der Waals surface area contributed by atoms with Gasteiger partial charge in [-0.15, -0.1) is 5.10 Å². The second-order valence-electron chi connectivity index (χ2n) is 8.01. The van der Waals surface area contributed by atoms with Gasteiger partial charge in [-0.25, -0.2) is 4.68 Å². The molecule has 0 aliphatic heterocycles. The molecule has 28 heavy (non-hydrogen) atoms. The molecule has 0 N–H and O–H groups in total. The van der Waals surface area contributed by atoms with Gasteiger partial charge in [0.25, 0.3) is 8.32 Å². The van der Waals surface area contributed by atoms with Gasteiger partial charge in [0.1, 0.15) is 12.2 Å². The Morgan fingerprint density at radius 2 is 1.32 bits per heavy atom. The lowest BCUT2D eigenvalue weighted by molar-refractivity contribution is 0.208. The summed E-state index contributed by atoms with van der Waals surface area (Å²) < 4.78 is 8.77. The van der Waals surface area contributed by atoms with Crippen LogP contribution in [0, 0.1) is 0 Å². The minimum absolute atomic E-state index is 0.0634. The van der Waals surface area contributed by atoms with Crippen molar-refractivity contribution in [1.29, 1.82) is 0 Å². The van der Waals surface area contributed by atoms with Crippen molar-refractivity contribution in [2.24, 2.45) is 0 Å². The summed E-state index contributed by atoms with van der Waals surface area (Å²) in [6.45, 7) is 7.20. The summed E-state index contributed by atoms with van der Waals surface area (Å²) >= 11 is 0. The third-order valence-corrected chi connectivity index (χ3v) is 10.2. The van der Waals surface area contributed by atoms with Crippen molar-refractivity contribution in [3.8, 4) is 0 Å². The van der Waals surface area contributed by atoms with Crippen molar-refractivity contribution in [2.75, 3.05) is 0 Å². The van der Waals surface area contributed by atoms with E-state index < -0.39 is 8.32 Å². The number of aromatic nitrogens is 3. The molecule has 0 aliphatic carbocycles. The maximum Gasteiger partial charge on any atom is 0.263 e. The second kappa shape index (κ2) is 7.34. The van der Waals surface area contributed by atoms with Crippen LogP contribution in [0.1, 0.15) is 20.8 Å². The molecule has 1 heterocycles. The Kier molecular flexibility index (Phi) is 4.87. The highest BCUT2D eigenvalue weighted by Crippen LogP contribution is 2.37. The molecule has 0 spiro atoms. The SMILES string of the molecule is CC(C)(C)[Si](OCn1nnc2ccccc21)(c1ccccc1)c1ccccc1. The molecular weight excluding hydrogens is 362 g/mol. The summed E-state index contributed by atoms with van der Waals surface area (Å²) in [4.78, 5) is 0. The Morgan fingerprint density at radius 3 is 1.89 bits per heavy atom. The Labute approximate surface area is 166 Å². The highest BCUT2D eigenvalue weighted by molar-refractivity contribution is 6.99. The van der Waals surface area contributed by atoms with E-state index in [2.05, 4.69) is 91.7 Å². The molecule has 4 aromatic rings. The van der Waals surface area contributed by atoms with E-state index in [0.29, 0.717) is 6.73 Å². The molecule has 0 aliphatic rings. The number of fused-ring (bicyclic) bond motifs is 1. The lowest BCUT2D eigenvalue weighted by Gasteiger charge is -2.42. The van der Waals surface area contributed by atoms with Gasteiger partial charge in [0.2, 0.25) is 0 Å². The molecular formula is C23H25N3OSi. The van der Waals surface area contributed by atoms with Gasteiger partial charge in [0.15, 0.2) is 0 Å². The van der Waals surface area contributed by atoms with Crippen LogP contribution in [0.15, 0.2) is 84.9 Å². The monoisotopic (exact) mass is 387 g/mol. The minimum Gasteiger partial charge on any atom is -0.388 e. The van der Waals surface area contributed by atoms with E-state index in [9.17, 15) is 0 Å². The molecule has 4 rings (SSSR count). The predicted octanol–water partition coefficient (Wildman–Crippen LogP) is 3.97. The number of benzene rings is 3. The zero-order chi connectivity index (χ0) is 19.6. The summed E-state index contributed by atoms with van der Waals surface area (Å²) in [6.07, 6.45) is 0. The fraction of sp³-hybridized carbons (Fsp3) is 0.217. The van der Waals surface area contributed by atoms with Gasteiger partial charge in [0.05, 0.1) is 5.52 Å². The molecule has 0 radical (unpaired) electrons. The Morgan fingerprint density at radius 1 is 0.786 bits per heavy atom. The van der Waals surface area contributed by atoms with E-state index in [1.165, 1.54) is 10.4 Å². The zero-order valence-electron chi connectivity index (χ0n) is 16.5. The standard InChI is InChI=1S/C23H25N3OSi/c1-23(2,3)28(19-12-6-4-7-13-19,20-14-8-5-9-15-20)27-18-26-22-17-11-10-16-21(22)24-25-26/h4-17H,18H2,1-3H3. The van der Waals surface area contributed by atoms with Crippen LogP contribution < -0.4 is 10.4 Å². The van der Waals surface area contributed by atoms with Gasteiger partial charge >= 0.3 is 0 Å². The van der Waals surface area contributed by atoms with E-state index in [4.69, 9.17) is 4.43 Å². The summed E-state index contributed by atoms with van der Waals surface area (Å²) in [7, 11) is -2.58. The van der Waals surface area contributed by atoms with Gasteiger partial charge < -0.3 is 4.43 Å². The molecule has 0 saturated carbocycles. The Balaban J connectivity index is 1.83. The van der Waals surface area contributed by atoms with Crippen LogP contribution in [0.3, 0.4) is 0 Å². The predicted molar refractivity (Wildman–Crippen MR) is 116 cm³/mol. The highest BCUT2D eigenvalue weighted by atomic mass is 28.4. The number of rotatable bonds is 5. The Hall–Kier alpha value is -2.76. The first-order valence-electron chi connectivity index (χ1n) is 9.55.